The predicted octanol–water partition coefficient (Wildman–Crippen LogP) is 2.15. The molecule has 4 heteroatoms. The molecule has 0 bridgehead atoms. The van der Waals surface area contributed by atoms with Crippen molar-refractivity contribution in [3.05, 3.63) is 29.6 Å². The van der Waals surface area contributed by atoms with Gasteiger partial charge in [-0.15, -0.1) is 0 Å². The fourth-order valence-electron chi connectivity index (χ4n) is 4.07. The number of nitrogens with one attached hydrogen (secondary N) is 2. The highest BCUT2D eigenvalue weighted by Crippen LogP contribution is 2.42. The van der Waals surface area contributed by atoms with Crippen molar-refractivity contribution in [1.29, 1.82) is 0 Å². The minimum absolute atomic E-state index is 0.0484. The summed E-state index contributed by atoms with van der Waals surface area (Å²) in [5, 5.41) is 6.81. The van der Waals surface area contributed by atoms with Crippen LogP contribution < -0.4 is 15.4 Å². The van der Waals surface area contributed by atoms with Crippen molar-refractivity contribution in [2.24, 2.45) is 5.92 Å². The van der Waals surface area contributed by atoms with Crippen LogP contribution in [0.15, 0.2) is 18.3 Å². The van der Waals surface area contributed by atoms with Crippen LogP contribution >= 0.6 is 0 Å². The molecule has 0 saturated carbocycles. The van der Waals surface area contributed by atoms with Crippen molar-refractivity contribution in [3.63, 3.8) is 0 Å². The van der Waals surface area contributed by atoms with Crippen LogP contribution in [0.3, 0.4) is 0 Å². The molecular formula is C18H25N3O. The summed E-state index contributed by atoms with van der Waals surface area (Å²) >= 11 is 0. The molecule has 118 valence electrons. The lowest BCUT2D eigenvalue weighted by molar-refractivity contribution is 0.0317. The molecule has 1 aromatic heterocycles. The first-order valence-corrected chi connectivity index (χ1v) is 8.53. The van der Waals surface area contributed by atoms with Crippen LogP contribution in [0.4, 0.5) is 0 Å². The Morgan fingerprint density at radius 3 is 2.86 bits per heavy atom. The molecule has 1 saturated heterocycles. The molecule has 0 radical (unpaired) electrons. The largest absolute Gasteiger partial charge is 0.485 e. The molecule has 0 spiro atoms. The smallest absolute Gasteiger partial charge is 0.141 e. The first-order chi connectivity index (χ1) is 10.7. The van der Waals surface area contributed by atoms with Crippen molar-refractivity contribution in [2.45, 2.75) is 38.2 Å². The number of rotatable bonds is 2. The van der Waals surface area contributed by atoms with Gasteiger partial charge in [0.25, 0.3) is 0 Å². The fourth-order valence-corrected chi connectivity index (χ4v) is 4.07. The minimum atomic E-state index is -0.0484. The third kappa shape index (κ3) is 2.55. The Balaban J connectivity index is 1.57. The van der Waals surface area contributed by atoms with Gasteiger partial charge in [-0.3, -0.25) is 4.98 Å². The van der Waals surface area contributed by atoms with E-state index in [1.165, 1.54) is 24.0 Å². The molecule has 0 amide bonds. The molecule has 3 aliphatic heterocycles. The molecule has 0 aliphatic carbocycles. The molecule has 1 aromatic rings. The zero-order valence-electron chi connectivity index (χ0n) is 13.3. The van der Waals surface area contributed by atoms with E-state index in [0.29, 0.717) is 5.92 Å². The van der Waals surface area contributed by atoms with E-state index in [1.807, 2.05) is 6.20 Å². The monoisotopic (exact) mass is 299 g/mol. The maximum absolute atomic E-state index is 6.35. The molecule has 3 aliphatic rings. The average Bonchev–Trinajstić information content (AvgIpc) is 2.93. The number of nitrogens with zero attached hydrogens (tertiary/aromatic N) is 1. The quantitative estimate of drug-likeness (QED) is 0.878. The van der Waals surface area contributed by atoms with Gasteiger partial charge < -0.3 is 15.4 Å². The van der Waals surface area contributed by atoms with Gasteiger partial charge in [0.1, 0.15) is 11.4 Å². The molecule has 0 aromatic carbocycles. The Bertz CT molecular complexity index is 592. The lowest BCUT2D eigenvalue weighted by Crippen LogP contribution is -2.44. The van der Waals surface area contributed by atoms with E-state index in [0.717, 1.165) is 50.5 Å². The number of fused-ring (bicyclic) bond motifs is 1. The summed E-state index contributed by atoms with van der Waals surface area (Å²) in [6, 6.07) is 2.26. The van der Waals surface area contributed by atoms with E-state index in [9.17, 15) is 0 Å². The number of aromatic nitrogens is 1. The van der Waals surface area contributed by atoms with Gasteiger partial charge in [-0.05, 0) is 57.5 Å². The number of pyridine rings is 1. The van der Waals surface area contributed by atoms with Gasteiger partial charge in [-0.1, -0.05) is 6.08 Å². The molecule has 0 unspecified atom stereocenters. The third-order valence-electron chi connectivity index (χ3n) is 5.43. The van der Waals surface area contributed by atoms with Crippen LogP contribution in [0.5, 0.6) is 5.75 Å². The number of hydrogen-bond donors (Lipinski definition) is 2. The van der Waals surface area contributed by atoms with E-state index >= 15 is 0 Å². The van der Waals surface area contributed by atoms with Gasteiger partial charge in [-0.25, -0.2) is 0 Å². The van der Waals surface area contributed by atoms with E-state index in [1.54, 1.807) is 0 Å². The van der Waals surface area contributed by atoms with Crippen LogP contribution in [0.25, 0.3) is 5.57 Å². The molecule has 4 heterocycles. The molecule has 1 atom stereocenters. The van der Waals surface area contributed by atoms with E-state index in [-0.39, 0.29) is 5.60 Å². The second kappa shape index (κ2) is 5.67. The standard InChI is InChI=1S/C18H25N3O/c1-18(15-4-8-20-9-5-15)11-14-10-16(21-12-17(14)22-18)13-2-6-19-7-3-13/h2,10,12,15,19-20H,3-9,11H2,1H3/t18-/m1/s1. The third-order valence-corrected chi connectivity index (χ3v) is 5.43. The Hall–Kier alpha value is -1.39. The second-order valence-electron chi connectivity index (χ2n) is 6.98. The summed E-state index contributed by atoms with van der Waals surface area (Å²) in [4.78, 5) is 4.65. The number of piperidine rings is 1. The van der Waals surface area contributed by atoms with E-state index in [4.69, 9.17) is 4.74 Å². The first kappa shape index (κ1) is 14.2. The number of ether oxygens (including phenoxy) is 1. The van der Waals surface area contributed by atoms with Gasteiger partial charge in [0.2, 0.25) is 0 Å². The van der Waals surface area contributed by atoms with Gasteiger partial charge >= 0.3 is 0 Å². The average molecular weight is 299 g/mol. The van der Waals surface area contributed by atoms with Crippen LogP contribution in [-0.4, -0.2) is 36.8 Å². The summed E-state index contributed by atoms with van der Waals surface area (Å²) in [6.45, 7) is 6.52. The van der Waals surface area contributed by atoms with Crippen LogP contribution in [0.2, 0.25) is 0 Å². The summed E-state index contributed by atoms with van der Waals surface area (Å²) in [6.07, 6.45) is 8.72. The predicted molar refractivity (Wildman–Crippen MR) is 88.0 cm³/mol. The van der Waals surface area contributed by atoms with E-state index in [2.05, 4.69) is 34.7 Å². The second-order valence-corrected chi connectivity index (χ2v) is 6.98. The van der Waals surface area contributed by atoms with Crippen LogP contribution in [-0.2, 0) is 6.42 Å². The zero-order valence-corrected chi connectivity index (χ0v) is 13.3. The Morgan fingerprint density at radius 1 is 1.23 bits per heavy atom. The Kier molecular flexibility index (Phi) is 3.66. The van der Waals surface area contributed by atoms with Crippen LogP contribution in [0.1, 0.15) is 37.4 Å². The SMILES string of the molecule is C[C@]1(C2CCNCC2)Cc2cc(C3=CCNCC3)ncc2O1. The maximum atomic E-state index is 6.35. The summed E-state index contributed by atoms with van der Waals surface area (Å²) in [5.41, 5.74) is 3.80. The minimum Gasteiger partial charge on any atom is -0.485 e. The molecule has 2 N–H and O–H groups in total. The highest BCUT2D eigenvalue weighted by atomic mass is 16.5. The van der Waals surface area contributed by atoms with Crippen LogP contribution in [0, 0.1) is 5.92 Å². The summed E-state index contributed by atoms with van der Waals surface area (Å²) < 4.78 is 6.35. The van der Waals surface area contributed by atoms with Gasteiger partial charge in [0.15, 0.2) is 0 Å². The molecule has 1 fully saturated rings. The highest BCUT2D eigenvalue weighted by Gasteiger charge is 2.42. The van der Waals surface area contributed by atoms with Crippen molar-refractivity contribution >= 4 is 5.57 Å². The lowest BCUT2D eigenvalue weighted by Gasteiger charge is -2.36. The normalized spacial score (nSPS) is 28.9. The van der Waals surface area contributed by atoms with Gasteiger partial charge in [0.05, 0.1) is 11.9 Å². The molecular weight excluding hydrogens is 274 g/mol. The molecule has 22 heavy (non-hydrogen) atoms. The Morgan fingerprint density at radius 2 is 2.09 bits per heavy atom. The topological polar surface area (TPSA) is 46.2 Å². The Labute approximate surface area is 132 Å². The first-order valence-electron chi connectivity index (χ1n) is 8.53. The molecule has 4 nitrogen and oxygen atoms in total. The lowest BCUT2D eigenvalue weighted by atomic mass is 9.79. The van der Waals surface area contributed by atoms with Crippen molar-refractivity contribution in [1.82, 2.24) is 15.6 Å². The van der Waals surface area contributed by atoms with E-state index < -0.39 is 0 Å². The zero-order chi connectivity index (χ0) is 15.0. The maximum Gasteiger partial charge on any atom is 0.141 e. The van der Waals surface area contributed by atoms with Crippen molar-refractivity contribution in [3.8, 4) is 5.75 Å². The summed E-state index contributed by atoms with van der Waals surface area (Å²) in [5.74, 6) is 1.64. The van der Waals surface area contributed by atoms with Gasteiger partial charge in [0, 0.05) is 24.4 Å². The number of hydrogen-bond acceptors (Lipinski definition) is 4. The highest BCUT2D eigenvalue weighted by molar-refractivity contribution is 5.65. The molecule has 4 rings (SSSR count). The fraction of sp³-hybridized carbons (Fsp3) is 0.611. The van der Waals surface area contributed by atoms with Crippen molar-refractivity contribution < 1.29 is 4.74 Å². The van der Waals surface area contributed by atoms with Gasteiger partial charge in [-0.2, -0.15) is 0 Å². The summed E-state index contributed by atoms with van der Waals surface area (Å²) in [7, 11) is 0. The van der Waals surface area contributed by atoms with Crippen molar-refractivity contribution in [2.75, 3.05) is 26.2 Å².